The molecule has 4 nitrogen and oxygen atoms in total. The molecular formula is C8H7BF2O4. The van der Waals surface area contributed by atoms with E-state index in [4.69, 9.17) is 9.44 Å². The first kappa shape index (κ1) is 11.6. The summed E-state index contributed by atoms with van der Waals surface area (Å²) in [5, 5.41) is 8.64. The fourth-order valence-electron chi connectivity index (χ4n) is 0.920. The largest absolute Gasteiger partial charge is 0.702 e. The molecule has 15 heavy (non-hydrogen) atoms. The van der Waals surface area contributed by atoms with Crippen LogP contribution in [0, 0.1) is 0 Å². The fraction of sp³-hybridized carbons (Fsp3) is 0. The van der Waals surface area contributed by atoms with Gasteiger partial charge in [0.25, 0.3) is 0 Å². The summed E-state index contributed by atoms with van der Waals surface area (Å²) in [5.74, 6) is 0. The van der Waals surface area contributed by atoms with E-state index in [1.165, 1.54) is 0 Å². The lowest BCUT2D eigenvalue weighted by Gasteiger charge is -1.83. The highest BCUT2D eigenvalue weighted by atomic mass is 19.3. The molecule has 0 atom stereocenters. The lowest BCUT2D eigenvalue weighted by atomic mass is 10.3. The highest BCUT2D eigenvalue weighted by molar-refractivity contribution is 6.33. The summed E-state index contributed by atoms with van der Waals surface area (Å²) in [5.41, 5.74) is 0.956. The number of benzene rings is 1. The number of para-hydroxylation sites is 1. The van der Waals surface area contributed by atoms with Crippen LogP contribution in [0.2, 0.25) is 0 Å². The Morgan fingerprint density at radius 3 is 2.33 bits per heavy atom. The van der Waals surface area contributed by atoms with Gasteiger partial charge in [0, 0.05) is 5.39 Å². The zero-order valence-electron chi connectivity index (χ0n) is 7.47. The van der Waals surface area contributed by atoms with E-state index in [1.807, 2.05) is 30.3 Å². The number of fused-ring (bicyclic) bond motifs is 1. The third-order valence-corrected chi connectivity index (χ3v) is 1.51. The predicted molar refractivity (Wildman–Crippen MR) is 48.6 cm³/mol. The molecule has 0 aliphatic carbocycles. The highest BCUT2D eigenvalue weighted by Crippen LogP contribution is 2.12. The molecule has 2 rings (SSSR count). The summed E-state index contributed by atoms with van der Waals surface area (Å²) in [6.07, 6.45) is 1.70. The summed E-state index contributed by atoms with van der Waals surface area (Å²) in [6.45, 7) is 0. The number of halogens is 2. The van der Waals surface area contributed by atoms with Crippen LogP contribution in [0.3, 0.4) is 0 Å². The maximum Gasteiger partial charge on any atom is 0.702 e. The van der Waals surface area contributed by atoms with E-state index in [-0.39, 0.29) is 0 Å². The van der Waals surface area contributed by atoms with Crippen molar-refractivity contribution in [2.45, 2.75) is 0 Å². The molecule has 0 saturated carbocycles. The van der Waals surface area contributed by atoms with Crippen LogP contribution in [-0.2, 0) is 9.72 Å². The molecule has 2 aromatic rings. The van der Waals surface area contributed by atoms with Gasteiger partial charge in [0.15, 0.2) is 0 Å². The molecular weight excluding hydrogens is 209 g/mol. The number of rotatable bonds is 2. The first-order chi connectivity index (χ1) is 7.27. The van der Waals surface area contributed by atoms with Crippen molar-refractivity contribution in [2.24, 2.45) is 0 Å². The zero-order chi connectivity index (χ0) is 11.1. The van der Waals surface area contributed by atoms with Crippen LogP contribution in [0.15, 0.2) is 41.0 Å². The Labute approximate surface area is 84.0 Å². The summed E-state index contributed by atoms with van der Waals surface area (Å²) in [7, 11) is -2.40. The quantitative estimate of drug-likeness (QED) is 0.781. The maximum absolute atomic E-state index is 10.3. The molecule has 1 aromatic carbocycles. The van der Waals surface area contributed by atoms with Crippen LogP contribution in [-0.4, -0.2) is 12.3 Å². The van der Waals surface area contributed by atoms with Gasteiger partial charge in [-0.25, -0.2) is 0 Å². The van der Waals surface area contributed by atoms with Crippen LogP contribution >= 0.6 is 0 Å². The van der Waals surface area contributed by atoms with Gasteiger partial charge in [-0.1, -0.05) is 27.3 Å². The third-order valence-electron chi connectivity index (χ3n) is 1.51. The van der Waals surface area contributed by atoms with Crippen molar-refractivity contribution >= 4 is 18.3 Å². The van der Waals surface area contributed by atoms with E-state index >= 15 is 0 Å². The monoisotopic (exact) mass is 216 g/mol. The van der Waals surface area contributed by atoms with Crippen molar-refractivity contribution in [3.05, 3.63) is 36.6 Å². The van der Waals surface area contributed by atoms with Crippen LogP contribution in [0.1, 0.15) is 0 Å². The Morgan fingerprint density at radius 1 is 1.13 bits per heavy atom. The molecule has 0 aliphatic heterocycles. The van der Waals surface area contributed by atoms with Gasteiger partial charge in [0.2, 0.25) is 0 Å². The smallest absolute Gasteiger partial charge is 0.464 e. The van der Waals surface area contributed by atoms with Crippen LogP contribution < -0.4 is 0 Å². The summed E-state index contributed by atoms with van der Waals surface area (Å²) in [4.78, 5) is 4.72. The van der Waals surface area contributed by atoms with E-state index < -0.39 is 7.32 Å². The van der Waals surface area contributed by atoms with Gasteiger partial charge in [0.1, 0.15) is 5.58 Å². The molecule has 80 valence electrons. The Bertz CT molecular complexity index is 361. The Morgan fingerprint density at radius 2 is 1.80 bits per heavy atom. The zero-order valence-corrected chi connectivity index (χ0v) is 7.47. The second-order valence-corrected chi connectivity index (χ2v) is 2.44. The highest BCUT2D eigenvalue weighted by Gasteiger charge is 2.15. The minimum Gasteiger partial charge on any atom is -0.464 e. The summed E-state index contributed by atoms with van der Waals surface area (Å²) >= 11 is 0. The van der Waals surface area contributed by atoms with Gasteiger partial charge in [-0.15, -0.1) is 0 Å². The van der Waals surface area contributed by atoms with Crippen molar-refractivity contribution in [2.75, 3.05) is 0 Å². The van der Waals surface area contributed by atoms with Crippen LogP contribution in [0.5, 0.6) is 0 Å². The number of hydrogen-bond acceptors (Lipinski definition) is 4. The van der Waals surface area contributed by atoms with Crippen LogP contribution in [0.25, 0.3) is 11.0 Å². The lowest BCUT2D eigenvalue weighted by Crippen LogP contribution is -2.13. The normalized spacial score (nSPS) is 9.53. The van der Waals surface area contributed by atoms with Crippen molar-refractivity contribution < 1.29 is 28.2 Å². The van der Waals surface area contributed by atoms with E-state index in [0.717, 1.165) is 11.0 Å². The maximum atomic E-state index is 10.3. The number of furan rings is 1. The van der Waals surface area contributed by atoms with Crippen molar-refractivity contribution in [1.82, 2.24) is 0 Å². The average Bonchev–Trinajstić information content (AvgIpc) is 2.76. The minimum absolute atomic E-state index is 0.956. The second kappa shape index (κ2) is 6.12. The van der Waals surface area contributed by atoms with Gasteiger partial charge < -0.3 is 9.44 Å². The van der Waals surface area contributed by atoms with Crippen molar-refractivity contribution in [3.8, 4) is 0 Å². The summed E-state index contributed by atoms with van der Waals surface area (Å²) in [6, 6.07) is 9.90. The molecule has 1 heterocycles. The molecule has 7 heteroatoms. The molecule has 1 N–H and O–H groups in total. The van der Waals surface area contributed by atoms with Gasteiger partial charge in [-0.2, -0.15) is 9.72 Å². The topological polar surface area (TPSA) is 51.8 Å². The molecule has 0 radical (unpaired) electrons. The average molecular weight is 216 g/mol. The first-order valence-corrected chi connectivity index (χ1v) is 3.93. The molecule has 0 fully saturated rings. The first-order valence-electron chi connectivity index (χ1n) is 3.93. The number of hydrogen-bond donors (Lipinski definition) is 1. The lowest BCUT2D eigenvalue weighted by molar-refractivity contribution is -0.133. The fourth-order valence-corrected chi connectivity index (χ4v) is 0.920. The Hall–Kier alpha value is -1.44. The van der Waals surface area contributed by atoms with E-state index in [9.17, 15) is 9.05 Å². The van der Waals surface area contributed by atoms with E-state index in [2.05, 4.69) is 9.72 Å². The molecule has 0 amide bonds. The van der Waals surface area contributed by atoms with Crippen molar-refractivity contribution in [3.63, 3.8) is 0 Å². The Kier molecular flexibility index (Phi) is 4.75. The molecule has 0 spiro atoms. The molecule has 0 aliphatic rings. The summed E-state index contributed by atoms with van der Waals surface area (Å²) < 4.78 is 25.7. The van der Waals surface area contributed by atoms with Crippen molar-refractivity contribution in [1.29, 1.82) is 0 Å². The molecule has 0 saturated heterocycles. The predicted octanol–water partition coefficient (Wildman–Crippen LogP) is 2.20. The SMILES string of the molecule is OB(OF)OF.c1ccc2occc2c1. The standard InChI is InChI=1S/C8H6O.BF2HO3/c1-2-4-8-7(3-1)5-6-9-8;2-5-1(4)6-3/h1-6H;4H. The third kappa shape index (κ3) is 3.66. The molecule has 0 bridgehead atoms. The molecule has 0 unspecified atom stereocenters. The van der Waals surface area contributed by atoms with Gasteiger partial charge in [-0.3, -0.25) is 0 Å². The van der Waals surface area contributed by atoms with Gasteiger partial charge in [0.05, 0.1) is 6.26 Å². The van der Waals surface area contributed by atoms with E-state index in [0.29, 0.717) is 0 Å². The van der Waals surface area contributed by atoms with E-state index in [1.54, 1.807) is 6.26 Å². The minimum atomic E-state index is -2.40. The van der Waals surface area contributed by atoms with Gasteiger partial charge >= 0.3 is 7.32 Å². The second-order valence-electron chi connectivity index (χ2n) is 2.44. The van der Waals surface area contributed by atoms with Gasteiger partial charge in [-0.05, 0) is 12.1 Å². The van der Waals surface area contributed by atoms with Crippen LogP contribution in [0.4, 0.5) is 9.05 Å². The molecule has 1 aromatic heterocycles. The Balaban J connectivity index is 0.000000167.